The summed E-state index contributed by atoms with van der Waals surface area (Å²) in [6, 6.07) is 18.4. The molecule has 0 saturated carbocycles. The minimum absolute atomic E-state index is 0.464. The highest BCUT2D eigenvalue weighted by Gasteiger charge is 2.01. The fourth-order valence-corrected chi connectivity index (χ4v) is 2.23. The van der Waals surface area contributed by atoms with Crippen molar-refractivity contribution in [2.45, 2.75) is 26.2 Å². The van der Waals surface area contributed by atoms with Crippen molar-refractivity contribution < 1.29 is 0 Å². The minimum Gasteiger partial charge on any atom is -0.385 e. The van der Waals surface area contributed by atoms with Gasteiger partial charge in [0.25, 0.3) is 0 Å². The van der Waals surface area contributed by atoms with Crippen LogP contribution in [-0.2, 0) is 0 Å². The van der Waals surface area contributed by atoms with Crippen LogP contribution in [0.2, 0.25) is 0 Å². The van der Waals surface area contributed by atoms with Crippen molar-refractivity contribution >= 4 is 17.3 Å². The van der Waals surface area contributed by atoms with Gasteiger partial charge in [0.2, 0.25) is 0 Å². The van der Waals surface area contributed by atoms with E-state index in [1.54, 1.807) is 0 Å². The van der Waals surface area contributed by atoms with E-state index in [9.17, 15) is 0 Å². The van der Waals surface area contributed by atoms with Crippen molar-refractivity contribution in [2.24, 2.45) is 10.7 Å². The average molecular weight is 310 g/mol. The highest BCUT2D eigenvalue weighted by atomic mass is 15.1. The fourth-order valence-electron chi connectivity index (χ4n) is 2.23. The van der Waals surface area contributed by atoms with Gasteiger partial charge >= 0.3 is 0 Å². The number of anilines is 2. The summed E-state index contributed by atoms with van der Waals surface area (Å²) in [5, 5.41) is 6.51. The van der Waals surface area contributed by atoms with Crippen LogP contribution in [0, 0.1) is 0 Å². The molecular formula is C19H26N4. The van der Waals surface area contributed by atoms with E-state index in [4.69, 9.17) is 5.73 Å². The summed E-state index contributed by atoms with van der Waals surface area (Å²) in [5.41, 5.74) is 9.35. The van der Waals surface area contributed by atoms with Gasteiger partial charge in [-0.15, -0.1) is 0 Å². The van der Waals surface area contributed by atoms with Gasteiger partial charge in [0.05, 0.1) is 0 Å². The number of guanidine groups is 1. The topological polar surface area (TPSA) is 62.4 Å². The molecule has 0 aliphatic heterocycles. The maximum absolute atomic E-state index is 5.94. The Morgan fingerprint density at radius 3 is 2.52 bits per heavy atom. The average Bonchev–Trinajstić information content (AvgIpc) is 2.55. The van der Waals surface area contributed by atoms with E-state index < -0.39 is 0 Å². The highest BCUT2D eigenvalue weighted by molar-refractivity contribution is 5.92. The Morgan fingerprint density at radius 1 is 1.04 bits per heavy atom. The first-order valence-electron chi connectivity index (χ1n) is 8.11. The van der Waals surface area contributed by atoms with E-state index in [1.165, 1.54) is 5.56 Å². The van der Waals surface area contributed by atoms with Gasteiger partial charge in [0.1, 0.15) is 0 Å². The van der Waals surface area contributed by atoms with E-state index in [-0.39, 0.29) is 0 Å². The molecular weight excluding hydrogens is 284 g/mol. The maximum Gasteiger partial charge on any atom is 0.193 e. The molecule has 0 fully saturated rings. The van der Waals surface area contributed by atoms with Crippen LogP contribution < -0.4 is 16.4 Å². The molecule has 4 N–H and O–H groups in total. The summed E-state index contributed by atoms with van der Waals surface area (Å²) in [6.07, 6.45) is 0.934. The van der Waals surface area contributed by atoms with Crippen LogP contribution in [0.1, 0.15) is 31.7 Å². The van der Waals surface area contributed by atoms with Gasteiger partial charge in [0.15, 0.2) is 5.96 Å². The van der Waals surface area contributed by atoms with Gasteiger partial charge in [-0.2, -0.15) is 0 Å². The molecule has 0 atom stereocenters. The number of para-hydroxylation sites is 1. The second kappa shape index (κ2) is 8.83. The van der Waals surface area contributed by atoms with Crippen molar-refractivity contribution in [1.82, 2.24) is 0 Å². The lowest BCUT2D eigenvalue weighted by Crippen LogP contribution is -2.23. The Balaban J connectivity index is 1.74. The predicted molar refractivity (Wildman–Crippen MR) is 100 cm³/mol. The summed E-state index contributed by atoms with van der Waals surface area (Å²) in [7, 11) is 0. The SMILES string of the molecule is CC(C)c1cccc(NC(N)=NCCCNc2ccccc2)c1. The lowest BCUT2D eigenvalue weighted by Gasteiger charge is -2.10. The standard InChI is InChI=1S/C19H26N4/c1-15(2)16-8-6-11-18(14-16)23-19(20)22-13-7-12-21-17-9-4-3-5-10-17/h3-6,8-11,14-15,21H,7,12-13H2,1-2H3,(H3,20,22,23). The maximum atomic E-state index is 5.94. The molecule has 4 nitrogen and oxygen atoms in total. The first-order valence-corrected chi connectivity index (χ1v) is 8.11. The van der Waals surface area contributed by atoms with Gasteiger partial charge in [-0.3, -0.25) is 4.99 Å². The normalized spacial score (nSPS) is 11.5. The summed E-state index contributed by atoms with van der Waals surface area (Å²) in [4.78, 5) is 4.37. The number of aliphatic imine (C=N–C) groups is 1. The zero-order valence-corrected chi connectivity index (χ0v) is 13.9. The summed E-state index contributed by atoms with van der Waals surface area (Å²) < 4.78 is 0. The number of benzene rings is 2. The van der Waals surface area contributed by atoms with Crippen LogP contribution in [0.5, 0.6) is 0 Å². The third-order valence-corrected chi connectivity index (χ3v) is 3.55. The quantitative estimate of drug-likeness (QED) is 0.411. The van der Waals surface area contributed by atoms with Crippen LogP contribution in [0.15, 0.2) is 59.6 Å². The smallest absolute Gasteiger partial charge is 0.193 e. The summed E-state index contributed by atoms with van der Waals surface area (Å²) in [5.74, 6) is 0.963. The van der Waals surface area contributed by atoms with E-state index in [0.29, 0.717) is 18.4 Å². The molecule has 0 saturated heterocycles. The Hall–Kier alpha value is -2.49. The van der Waals surface area contributed by atoms with Crippen LogP contribution in [0.25, 0.3) is 0 Å². The molecule has 0 bridgehead atoms. The van der Waals surface area contributed by atoms with Gasteiger partial charge in [-0.05, 0) is 42.2 Å². The van der Waals surface area contributed by atoms with Crippen LogP contribution >= 0.6 is 0 Å². The molecule has 23 heavy (non-hydrogen) atoms. The molecule has 0 amide bonds. The third-order valence-electron chi connectivity index (χ3n) is 3.55. The molecule has 2 aromatic rings. The van der Waals surface area contributed by atoms with Crippen molar-refractivity contribution in [2.75, 3.05) is 23.7 Å². The predicted octanol–water partition coefficient (Wildman–Crippen LogP) is 4.04. The first kappa shape index (κ1) is 16.9. The zero-order valence-electron chi connectivity index (χ0n) is 13.9. The fraction of sp³-hybridized carbons (Fsp3) is 0.316. The van der Waals surface area contributed by atoms with Crippen molar-refractivity contribution in [3.8, 4) is 0 Å². The molecule has 0 aliphatic rings. The van der Waals surface area contributed by atoms with Crippen molar-refractivity contribution in [3.63, 3.8) is 0 Å². The first-order chi connectivity index (χ1) is 11.1. The molecule has 0 heterocycles. The lowest BCUT2D eigenvalue weighted by molar-refractivity contribution is 0.866. The largest absolute Gasteiger partial charge is 0.385 e. The van der Waals surface area contributed by atoms with Crippen molar-refractivity contribution in [3.05, 3.63) is 60.2 Å². The van der Waals surface area contributed by atoms with Gasteiger partial charge in [-0.25, -0.2) is 0 Å². The molecule has 4 heteroatoms. The van der Waals surface area contributed by atoms with Crippen LogP contribution in [0.3, 0.4) is 0 Å². The Labute approximate surface area is 138 Å². The molecule has 2 aromatic carbocycles. The number of nitrogens with zero attached hydrogens (tertiary/aromatic N) is 1. The Kier molecular flexibility index (Phi) is 6.48. The second-order valence-corrected chi connectivity index (χ2v) is 5.82. The third kappa shape index (κ3) is 6.02. The molecule has 0 aliphatic carbocycles. The van der Waals surface area contributed by atoms with E-state index in [1.807, 2.05) is 30.3 Å². The van der Waals surface area contributed by atoms with E-state index >= 15 is 0 Å². The van der Waals surface area contributed by atoms with Crippen LogP contribution in [0.4, 0.5) is 11.4 Å². The second-order valence-electron chi connectivity index (χ2n) is 5.82. The Morgan fingerprint density at radius 2 is 1.78 bits per heavy atom. The minimum atomic E-state index is 0.464. The van der Waals surface area contributed by atoms with Crippen LogP contribution in [-0.4, -0.2) is 19.0 Å². The lowest BCUT2D eigenvalue weighted by atomic mass is 10.0. The monoisotopic (exact) mass is 310 g/mol. The molecule has 122 valence electrons. The molecule has 0 spiro atoms. The summed E-state index contributed by atoms with van der Waals surface area (Å²) in [6.45, 7) is 5.93. The number of nitrogens with two attached hydrogens (primary N) is 1. The van der Waals surface area contributed by atoms with Gasteiger partial charge < -0.3 is 16.4 Å². The molecule has 0 unspecified atom stereocenters. The number of hydrogen-bond acceptors (Lipinski definition) is 2. The van der Waals surface area contributed by atoms with Gasteiger partial charge in [-0.1, -0.05) is 44.2 Å². The Bertz CT molecular complexity index is 620. The number of hydrogen-bond donors (Lipinski definition) is 3. The molecule has 0 aromatic heterocycles. The highest BCUT2D eigenvalue weighted by Crippen LogP contribution is 2.18. The van der Waals surface area contributed by atoms with E-state index in [2.05, 4.69) is 53.7 Å². The molecule has 2 rings (SSSR count). The van der Waals surface area contributed by atoms with Gasteiger partial charge in [0, 0.05) is 24.5 Å². The van der Waals surface area contributed by atoms with E-state index in [0.717, 1.165) is 24.3 Å². The van der Waals surface area contributed by atoms with Crippen molar-refractivity contribution in [1.29, 1.82) is 0 Å². The number of nitrogens with one attached hydrogen (secondary N) is 2. The number of rotatable bonds is 7. The summed E-state index contributed by atoms with van der Waals surface area (Å²) >= 11 is 0. The zero-order chi connectivity index (χ0) is 16.5. The molecule has 0 radical (unpaired) electrons.